The molecule has 68 valence electrons. The Kier molecular flexibility index (Phi) is 3.43. The standard InChI is InChI=1S/C6H16O3SSi/c1-6(7,5-10(8)9)11(2,3)4/h7H,5H2,1-4H3,(H,8,9)/p-1. The minimum absolute atomic E-state index is 0.150. The molecule has 0 saturated carbocycles. The van der Waals surface area contributed by atoms with Gasteiger partial charge in [-0.3, -0.25) is 4.21 Å². The predicted octanol–water partition coefficient (Wildman–Crippen LogP) is 0.494. The van der Waals surface area contributed by atoms with Crippen LogP contribution in [0.3, 0.4) is 0 Å². The Labute approximate surface area is 71.1 Å². The van der Waals surface area contributed by atoms with Gasteiger partial charge in [-0.15, -0.1) is 0 Å². The molecule has 0 radical (unpaired) electrons. The van der Waals surface area contributed by atoms with Crippen molar-refractivity contribution < 1.29 is 13.9 Å². The Balaban J connectivity index is 4.34. The molecule has 3 nitrogen and oxygen atoms in total. The minimum Gasteiger partial charge on any atom is -0.772 e. The van der Waals surface area contributed by atoms with Gasteiger partial charge in [0.05, 0.1) is 13.3 Å². The van der Waals surface area contributed by atoms with Crippen molar-refractivity contribution in [1.29, 1.82) is 0 Å². The van der Waals surface area contributed by atoms with Gasteiger partial charge in [-0.05, 0) is 6.92 Å². The molecule has 0 aliphatic heterocycles. The molecule has 0 fully saturated rings. The zero-order chi connectivity index (χ0) is 9.28. The van der Waals surface area contributed by atoms with E-state index in [1.54, 1.807) is 6.92 Å². The summed E-state index contributed by atoms with van der Waals surface area (Å²) in [6.07, 6.45) is 0. The molecular weight excluding hydrogens is 180 g/mol. The van der Waals surface area contributed by atoms with Gasteiger partial charge in [0.2, 0.25) is 0 Å². The van der Waals surface area contributed by atoms with E-state index in [0.717, 1.165) is 0 Å². The summed E-state index contributed by atoms with van der Waals surface area (Å²) >= 11 is -2.15. The van der Waals surface area contributed by atoms with Crippen LogP contribution in [0.1, 0.15) is 6.92 Å². The lowest BCUT2D eigenvalue weighted by atomic mass is 10.5. The molecular formula is C6H15O3SSi-. The average Bonchev–Trinajstić information content (AvgIpc) is 1.56. The van der Waals surface area contributed by atoms with E-state index in [4.69, 9.17) is 0 Å². The van der Waals surface area contributed by atoms with E-state index in [-0.39, 0.29) is 5.75 Å². The van der Waals surface area contributed by atoms with Gasteiger partial charge in [0, 0.05) is 5.75 Å². The van der Waals surface area contributed by atoms with E-state index in [1.165, 1.54) is 0 Å². The molecule has 0 saturated heterocycles. The fraction of sp³-hybridized carbons (Fsp3) is 1.00. The zero-order valence-corrected chi connectivity index (χ0v) is 9.20. The predicted molar refractivity (Wildman–Crippen MR) is 47.8 cm³/mol. The highest BCUT2D eigenvalue weighted by molar-refractivity contribution is 7.79. The van der Waals surface area contributed by atoms with Gasteiger partial charge in [0.1, 0.15) is 0 Å². The first-order valence-electron chi connectivity index (χ1n) is 3.45. The van der Waals surface area contributed by atoms with Crippen LogP contribution in [-0.4, -0.2) is 32.9 Å². The topological polar surface area (TPSA) is 60.4 Å². The fourth-order valence-electron chi connectivity index (χ4n) is 0.446. The van der Waals surface area contributed by atoms with Crippen LogP contribution in [0.15, 0.2) is 0 Å². The molecule has 0 aromatic heterocycles. The molecule has 0 spiro atoms. The number of hydrogen-bond acceptors (Lipinski definition) is 3. The Morgan fingerprint density at radius 1 is 1.55 bits per heavy atom. The Morgan fingerprint density at radius 2 is 1.91 bits per heavy atom. The van der Waals surface area contributed by atoms with Gasteiger partial charge in [0.15, 0.2) is 0 Å². The summed E-state index contributed by atoms with van der Waals surface area (Å²) in [7, 11) is -1.79. The summed E-state index contributed by atoms with van der Waals surface area (Å²) in [6, 6.07) is 0. The maximum Gasteiger partial charge on any atom is 0.0828 e. The summed E-state index contributed by atoms with van der Waals surface area (Å²) in [4.78, 5) is 0. The lowest BCUT2D eigenvalue weighted by Crippen LogP contribution is -2.53. The van der Waals surface area contributed by atoms with E-state index >= 15 is 0 Å². The first-order chi connectivity index (χ1) is 4.67. The number of aliphatic hydroxyl groups is 1. The molecule has 0 aliphatic rings. The van der Waals surface area contributed by atoms with Crippen LogP contribution in [0.5, 0.6) is 0 Å². The first kappa shape index (κ1) is 11.3. The second-order valence-corrected chi connectivity index (χ2v) is 10.4. The van der Waals surface area contributed by atoms with Crippen LogP contribution in [0.25, 0.3) is 0 Å². The quantitative estimate of drug-likeness (QED) is 0.527. The van der Waals surface area contributed by atoms with Gasteiger partial charge in [-0.25, -0.2) is 0 Å². The van der Waals surface area contributed by atoms with E-state index < -0.39 is 24.4 Å². The third-order valence-corrected chi connectivity index (χ3v) is 6.48. The zero-order valence-electron chi connectivity index (χ0n) is 7.38. The highest BCUT2D eigenvalue weighted by Crippen LogP contribution is 2.20. The molecule has 0 heterocycles. The summed E-state index contributed by atoms with van der Waals surface area (Å²) in [5, 5.41) is 8.68. The van der Waals surface area contributed by atoms with Crippen LogP contribution in [0.2, 0.25) is 19.6 Å². The minimum atomic E-state index is -2.15. The molecule has 0 amide bonds. The van der Waals surface area contributed by atoms with E-state index in [9.17, 15) is 13.9 Å². The van der Waals surface area contributed by atoms with Gasteiger partial charge < -0.3 is 9.66 Å². The molecule has 11 heavy (non-hydrogen) atoms. The number of hydrogen-bond donors (Lipinski definition) is 1. The average molecular weight is 195 g/mol. The van der Waals surface area contributed by atoms with Gasteiger partial charge in [-0.2, -0.15) is 0 Å². The molecule has 0 aromatic carbocycles. The van der Waals surface area contributed by atoms with Crippen LogP contribution < -0.4 is 0 Å². The van der Waals surface area contributed by atoms with Crippen molar-refractivity contribution in [2.75, 3.05) is 5.75 Å². The Bertz CT molecular complexity index is 162. The van der Waals surface area contributed by atoms with Gasteiger partial charge in [0.25, 0.3) is 0 Å². The molecule has 0 bridgehead atoms. The highest BCUT2D eigenvalue weighted by Gasteiger charge is 2.36. The smallest absolute Gasteiger partial charge is 0.0828 e. The maximum atomic E-state index is 10.3. The molecule has 2 unspecified atom stereocenters. The van der Waals surface area contributed by atoms with Crippen molar-refractivity contribution in [3.63, 3.8) is 0 Å². The van der Waals surface area contributed by atoms with Crippen LogP contribution in [0, 0.1) is 0 Å². The summed E-state index contributed by atoms with van der Waals surface area (Å²) in [6.45, 7) is 7.43. The van der Waals surface area contributed by atoms with Crippen molar-refractivity contribution in [2.45, 2.75) is 31.8 Å². The third kappa shape index (κ3) is 3.46. The van der Waals surface area contributed by atoms with Crippen molar-refractivity contribution >= 4 is 19.2 Å². The molecule has 0 aromatic rings. The Hall–Kier alpha value is 0.287. The van der Waals surface area contributed by atoms with Crippen LogP contribution >= 0.6 is 0 Å². The van der Waals surface area contributed by atoms with Crippen molar-refractivity contribution in [1.82, 2.24) is 0 Å². The van der Waals surface area contributed by atoms with E-state index in [1.807, 2.05) is 19.6 Å². The molecule has 1 N–H and O–H groups in total. The second kappa shape index (κ2) is 3.34. The SMILES string of the molecule is CC(O)(CS(=O)[O-])[Si](C)(C)C. The highest BCUT2D eigenvalue weighted by atomic mass is 32.2. The van der Waals surface area contributed by atoms with Crippen molar-refractivity contribution in [2.24, 2.45) is 0 Å². The molecule has 2 atom stereocenters. The Morgan fingerprint density at radius 3 is 2.00 bits per heavy atom. The third-order valence-electron chi connectivity index (χ3n) is 2.01. The normalized spacial score (nSPS) is 20.9. The summed E-state index contributed by atoms with van der Waals surface area (Å²) < 4.78 is 20.6. The number of rotatable bonds is 3. The van der Waals surface area contributed by atoms with Gasteiger partial charge >= 0.3 is 0 Å². The van der Waals surface area contributed by atoms with Crippen molar-refractivity contribution in [3.05, 3.63) is 0 Å². The molecule has 0 rings (SSSR count). The molecule has 0 aliphatic carbocycles. The summed E-state index contributed by atoms with van der Waals surface area (Å²) in [5.41, 5.74) is 0. The van der Waals surface area contributed by atoms with E-state index in [2.05, 4.69) is 0 Å². The molecule has 5 heteroatoms. The lowest BCUT2D eigenvalue weighted by Gasteiger charge is -2.35. The summed E-state index contributed by atoms with van der Waals surface area (Å²) in [5.74, 6) is -0.150. The fourth-order valence-corrected chi connectivity index (χ4v) is 2.99. The van der Waals surface area contributed by atoms with Crippen LogP contribution in [0.4, 0.5) is 0 Å². The van der Waals surface area contributed by atoms with Crippen molar-refractivity contribution in [3.8, 4) is 0 Å². The largest absolute Gasteiger partial charge is 0.772 e. The van der Waals surface area contributed by atoms with E-state index in [0.29, 0.717) is 0 Å². The first-order valence-corrected chi connectivity index (χ1v) is 8.19. The maximum absolute atomic E-state index is 10.3. The van der Waals surface area contributed by atoms with Crippen LogP contribution in [-0.2, 0) is 11.1 Å². The monoisotopic (exact) mass is 195 g/mol. The second-order valence-electron chi connectivity index (χ2n) is 3.97. The van der Waals surface area contributed by atoms with Gasteiger partial charge in [-0.1, -0.05) is 30.7 Å². The lowest BCUT2D eigenvalue weighted by molar-refractivity contribution is 0.159.